The molecule has 0 saturated heterocycles. The quantitative estimate of drug-likeness (QED) is 0.272. The van der Waals surface area contributed by atoms with Crippen LogP contribution in [0, 0.1) is 17.7 Å². The maximum atomic E-state index is 15.2. The summed E-state index contributed by atoms with van der Waals surface area (Å²) < 4.78 is 44.1. The van der Waals surface area contributed by atoms with Crippen molar-refractivity contribution in [3.05, 3.63) is 89.8 Å². The Kier molecular flexibility index (Phi) is 8.31. The molecule has 0 aliphatic heterocycles. The number of hydrogen-bond acceptors (Lipinski definition) is 1. The van der Waals surface area contributed by atoms with Crippen LogP contribution in [0.4, 0.5) is 13.2 Å². The molecule has 0 amide bonds. The van der Waals surface area contributed by atoms with Gasteiger partial charge in [0.2, 0.25) is 0 Å². The Morgan fingerprint density at radius 3 is 2.26 bits per heavy atom. The van der Waals surface area contributed by atoms with E-state index in [0.29, 0.717) is 23.8 Å². The normalized spacial score (nSPS) is 18.4. The first-order valence-corrected chi connectivity index (χ1v) is 12.4. The van der Waals surface area contributed by atoms with E-state index in [4.69, 9.17) is 0 Å². The van der Waals surface area contributed by atoms with E-state index in [-0.39, 0.29) is 11.6 Å². The van der Waals surface area contributed by atoms with Crippen LogP contribution in [-0.2, 0) is 19.3 Å². The zero-order valence-corrected chi connectivity index (χ0v) is 19.6. The number of rotatable bonds is 10. The molecule has 34 heavy (non-hydrogen) atoms. The fourth-order valence-electron chi connectivity index (χ4n) is 5.21. The van der Waals surface area contributed by atoms with E-state index in [1.165, 1.54) is 49.8 Å². The lowest BCUT2D eigenvalue weighted by Gasteiger charge is -2.27. The third-order valence-corrected chi connectivity index (χ3v) is 7.24. The topological polar surface area (TPSA) is 9.23 Å². The molecule has 1 saturated carbocycles. The Balaban J connectivity index is 1.34. The molecule has 0 aromatic heterocycles. The molecule has 0 N–H and O–H groups in total. The maximum Gasteiger partial charge on any atom is 0.387 e. The van der Waals surface area contributed by atoms with Gasteiger partial charge in [-0.15, -0.1) is 6.58 Å². The van der Waals surface area contributed by atoms with Crippen LogP contribution in [0.5, 0.6) is 5.75 Å². The Hall–Kier alpha value is -2.75. The van der Waals surface area contributed by atoms with Crippen molar-refractivity contribution in [3.8, 4) is 5.75 Å². The highest BCUT2D eigenvalue weighted by Crippen LogP contribution is 2.34. The van der Waals surface area contributed by atoms with Crippen molar-refractivity contribution in [2.45, 2.75) is 64.4 Å². The molecule has 1 aliphatic rings. The second-order valence-electron chi connectivity index (χ2n) is 9.57. The monoisotopic (exact) mass is 466 g/mol. The molecule has 1 fully saturated rings. The molecule has 3 aromatic rings. The summed E-state index contributed by atoms with van der Waals surface area (Å²) in [4.78, 5) is 0. The SMILES string of the molecule is C=CCC1CCC(CCc2ccc3c(F)c(CCc4ccc(OC(F)F)cc4)ccc3c2)CC1. The highest BCUT2D eigenvalue weighted by atomic mass is 19.3. The second kappa shape index (κ2) is 11.6. The Labute approximate surface area is 200 Å². The third kappa shape index (κ3) is 6.43. The largest absolute Gasteiger partial charge is 0.435 e. The minimum atomic E-state index is -2.83. The number of allylic oxidation sites excluding steroid dienone is 1. The lowest BCUT2D eigenvalue weighted by Crippen LogP contribution is -2.14. The van der Waals surface area contributed by atoms with Crippen LogP contribution < -0.4 is 4.74 Å². The zero-order chi connectivity index (χ0) is 23.9. The van der Waals surface area contributed by atoms with E-state index in [2.05, 4.69) is 29.5 Å². The summed E-state index contributed by atoms with van der Waals surface area (Å²) in [5.74, 6) is 1.59. The first-order valence-electron chi connectivity index (χ1n) is 12.4. The van der Waals surface area contributed by atoms with Gasteiger partial charge in [-0.05, 0) is 91.0 Å². The van der Waals surface area contributed by atoms with E-state index in [9.17, 15) is 8.78 Å². The minimum absolute atomic E-state index is 0.131. The summed E-state index contributed by atoms with van der Waals surface area (Å²) in [7, 11) is 0. The van der Waals surface area contributed by atoms with Crippen LogP contribution in [0.1, 0.15) is 55.2 Å². The molecule has 1 nitrogen and oxygen atoms in total. The van der Waals surface area contributed by atoms with Gasteiger partial charge in [0.1, 0.15) is 11.6 Å². The fourth-order valence-corrected chi connectivity index (χ4v) is 5.21. The third-order valence-electron chi connectivity index (χ3n) is 7.24. The van der Waals surface area contributed by atoms with Crippen molar-refractivity contribution in [2.75, 3.05) is 0 Å². The van der Waals surface area contributed by atoms with Crippen molar-refractivity contribution in [1.82, 2.24) is 0 Å². The number of halogens is 3. The molecule has 0 bridgehead atoms. The molecule has 4 rings (SSSR count). The lowest BCUT2D eigenvalue weighted by molar-refractivity contribution is -0.0498. The number of alkyl halides is 2. The Morgan fingerprint density at radius 1 is 0.853 bits per heavy atom. The highest BCUT2D eigenvalue weighted by molar-refractivity contribution is 5.84. The summed E-state index contributed by atoms with van der Waals surface area (Å²) in [6.45, 7) is 1.04. The molecular formula is C30H33F3O. The van der Waals surface area contributed by atoms with Gasteiger partial charge < -0.3 is 4.74 Å². The van der Waals surface area contributed by atoms with E-state index < -0.39 is 6.61 Å². The van der Waals surface area contributed by atoms with Gasteiger partial charge in [0, 0.05) is 5.39 Å². The van der Waals surface area contributed by atoms with Gasteiger partial charge in [-0.25, -0.2) is 4.39 Å². The first kappa shape index (κ1) is 24.4. The van der Waals surface area contributed by atoms with E-state index in [1.807, 2.05) is 18.2 Å². The summed E-state index contributed by atoms with van der Waals surface area (Å²) in [6.07, 6.45) is 11.9. The standard InChI is InChI=1S/C30H33F3O/c1-2-3-21-4-6-22(7-5-21)8-9-24-13-19-28-26(20-24)16-15-25(29(28)31)14-10-23-11-17-27(18-12-23)34-30(32)33/h2,11-13,15-22,30H,1,3-10,14H2. The fraction of sp³-hybridized carbons (Fsp3) is 0.400. The molecule has 0 heterocycles. The summed E-state index contributed by atoms with van der Waals surface area (Å²) in [5.41, 5.74) is 2.90. The van der Waals surface area contributed by atoms with Crippen LogP contribution in [-0.4, -0.2) is 6.61 Å². The minimum Gasteiger partial charge on any atom is -0.435 e. The van der Waals surface area contributed by atoms with Crippen molar-refractivity contribution in [3.63, 3.8) is 0 Å². The van der Waals surface area contributed by atoms with Crippen LogP contribution >= 0.6 is 0 Å². The van der Waals surface area contributed by atoms with Crippen molar-refractivity contribution < 1.29 is 17.9 Å². The van der Waals surface area contributed by atoms with Crippen LogP contribution in [0.2, 0.25) is 0 Å². The van der Waals surface area contributed by atoms with Crippen LogP contribution in [0.25, 0.3) is 10.8 Å². The van der Waals surface area contributed by atoms with Gasteiger partial charge in [0.05, 0.1) is 0 Å². The van der Waals surface area contributed by atoms with Crippen LogP contribution in [0.3, 0.4) is 0 Å². The van der Waals surface area contributed by atoms with E-state index in [1.54, 1.807) is 12.1 Å². The number of benzene rings is 3. The molecule has 0 spiro atoms. The van der Waals surface area contributed by atoms with Crippen molar-refractivity contribution in [2.24, 2.45) is 11.8 Å². The average molecular weight is 467 g/mol. The van der Waals surface area contributed by atoms with E-state index >= 15 is 4.39 Å². The maximum absolute atomic E-state index is 15.2. The summed E-state index contributed by atoms with van der Waals surface area (Å²) >= 11 is 0. The number of hydrogen-bond donors (Lipinski definition) is 0. The Bertz CT molecular complexity index is 1080. The number of fused-ring (bicyclic) bond motifs is 1. The van der Waals surface area contributed by atoms with Gasteiger partial charge in [-0.1, -0.05) is 61.4 Å². The number of ether oxygens (including phenoxy) is 1. The molecule has 0 atom stereocenters. The van der Waals surface area contributed by atoms with Gasteiger partial charge in [0.25, 0.3) is 0 Å². The molecule has 0 radical (unpaired) electrons. The molecule has 180 valence electrons. The molecule has 1 aliphatic carbocycles. The lowest BCUT2D eigenvalue weighted by atomic mass is 9.78. The molecule has 4 heteroatoms. The molecule has 3 aromatic carbocycles. The van der Waals surface area contributed by atoms with E-state index in [0.717, 1.165) is 35.6 Å². The smallest absolute Gasteiger partial charge is 0.387 e. The van der Waals surface area contributed by atoms with Crippen molar-refractivity contribution >= 4 is 10.8 Å². The first-order chi connectivity index (χ1) is 16.5. The summed E-state index contributed by atoms with van der Waals surface area (Å²) in [5, 5.41) is 1.61. The van der Waals surface area contributed by atoms with Crippen LogP contribution in [0.15, 0.2) is 67.3 Å². The van der Waals surface area contributed by atoms with Crippen molar-refractivity contribution in [1.29, 1.82) is 0 Å². The predicted octanol–water partition coefficient (Wildman–Crippen LogP) is 8.68. The second-order valence-corrected chi connectivity index (χ2v) is 9.57. The average Bonchev–Trinajstić information content (AvgIpc) is 2.84. The number of aryl methyl sites for hydroxylation is 3. The summed E-state index contributed by atoms with van der Waals surface area (Å²) in [6, 6.07) is 16.5. The van der Waals surface area contributed by atoms with Gasteiger partial charge in [0.15, 0.2) is 0 Å². The Morgan fingerprint density at radius 2 is 1.56 bits per heavy atom. The van der Waals surface area contributed by atoms with Gasteiger partial charge >= 0.3 is 6.61 Å². The zero-order valence-electron chi connectivity index (χ0n) is 19.6. The molecular weight excluding hydrogens is 433 g/mol. The van der Waals surface area contributed by atoms with Gasteiger partial charge in [-0.2, -0.15) is 8.78 Å². The van der Waals surface area contributed by atoms with Gasteiger partial charge in [-0.3, -0.25) is 0 Å². The highest BCUT2D eigenvalue weighted by Gasteiger charge is 2.20. The predicted molar refractivity (Wildman–Crippen MR) is 133 cm³/mol. The molecule has 0 unspecified atom stereocenters.